The molecule has 4 nitrogen and oxygen atoms in total. The summed E-state index contributed by atoms with van der Waals surface area (Å²) in [6.07, 6.45) is 5.24. The van der Waals surface area contributed by atoms with Crippen molar-refractivity contribution in [1.82, 2.24) is 9.78 Å². The molecule has 1 aromatic rings. The minimum Gasteiger partial charge on any atom is -0.481 e. The summed E-state index contributed by atoms with van der Waals surface area (Å²) in [5.41, 5.74) is 1.08. The molecule has 0 bridgehead atoms. The van der Waals surface area contributed by atoms with Crippen molar-refractivity contribution < 1.29 is 9.90 Å². The molecule has 1 unspecified atom stereocenters. The number of aromatic nitrogens is 2. The molecule has 1 heterocycles. The summed E-state index contributed by atoms with van der Waals surface area (Å²) in [4.78, 5) is 10.7. The van der Waals surface area contributed by atoms with Gasteiger partial charge in [-0.15, -0.1) is 0 Å². The van der Waals surface area contributed by atoms with Crippen LogP contribution in [0.1, 0.15) is 39.7 Å². The molecule has 0 fully saturated rings. The molecule has 0 spiro atoms. The Hall–Kier alpha value is -1.32. The molecular weight excluding hydrogens is 204 g/mol. The lowest BCUT2D eigenvalue weighted by atomic mass is 10.0. The van der Waals surface area contributed by atoms with Crippen LogP contribution in [0.25, 0.3) is 0 Å². The van der Waals surface area contributed by atoms with Crippen LogP contribution in [0.15, 0.2) is 12.4 Å². The standard InChI is InChI=1S/C12H20N2O2/c1-9(11(15)16)5-6-10-7-13-14(8-10)12(2,3)4/h7-9H,5-6H2,1-4H3,(H,15,16). The fraction of sp³-hybridized carbons (Fsp3) is 0.667. The van der Waals surface area contributed by atoms with Crippen molar-refractivity contribution in [3.63, 3.8) is 0 Å². The van der Waals surface area contributed by atoms with Gasteiger partial charge in [-0.05, 0) is 39.2 Å². The Labute approximate surface area is 96.3 Å². The van der Waals surface area contributed by atoms with Gasteiger partial charge in [-0.3, -0.25) is 9.48 Å². The van der Waals surface area contributed by atoms with E-state index in [2.05, 4.69) is 25.9 Å². The largest absolute Gasteiger partial charge is 0.481 e. The van der Waals surface area contributed by atoms with Crippen LogP contribution in [0.3, 0.4) is 0 Å². The first kappa shape index (κ1) is 12.7. The van der Waals surface area contributed by atoms with E-state index in [9.17, 15) is 4.79 Å². The third-order valence-electron chi connectivity index (χ3n) is 2.61. The van der Waals surface area contributed by atoms with Crippen LogP contribution in [0.2, 0.25) is 0 Å². The molecule has 16 heavy (non-hydrogen) atoms. The minimum absolute atomic E-state index is 0.0172. The summed E-state index contributed by atoms with van der Waals surface area (Å²) >= 11 is 0. The molecular formula is C12H20N2O2. The molecule has 0 radical (unpaired) electrons. The number of rotatable bonds is 4. The van der Waals surface area contributed by atoms with Crippen LogP contribution in [0.5, 0.6) is 0 Å². The van der Waals surface area contributed by atoms with E-state index in [4.69, 9.17) is 5.11 Å². The molecule has 4 heteroatoms. The number of hydrogen-bond donors (Lipinski definition) is 1. The first-order chi connectivity index (χ1) is 7.30. The van der Waals surface area contributed by atoms with Crippen molar-refractivity contribution in [2.45, 2.75) is 46.1 Å². The Morgan fingerprint density at radius 2 is 2.19 bits per heavy atom. The Balaban J connectivity index is 2.57. The van der Waals surface area contributed by atoms with E-state index in [0.29, 0.717) is 6.42 Å². The van der Waals surface area contributed by atoms with Gasteiger partial charge in [0.15, 0.2) is 0 Å². The molecule has 1 N–H and O–H groups in total. The van der Waals surface area contributed by atoms with Crippen LogP contribution >= 0.6 is 0 Å². The number of aliphatic carboxylic acids is 1. The number of nitrogens with zero attached hydrogens (tertiary/aromatic N) is 2. The molecule has 0 aliphatic heterocycles. The van der Waals surface area contributed by atoms with Gasteiger partial charge in [0.2, 0.25) is 0 Å². The first-order valence-electron chi connectivity index (χ1n) is 5.57. The lowest BCUT2D eigenvalue weighted by molar-refractivity contribution is -0.141. The van der Waals surface area contributed by atoms with Gasteiger partial charge in [0.05, 0.1) is 17.7 Å². The summed E-state index contributed by atoms with van der Waals surface area (Å²) in [7, 11) is 0. The summed E-state index contributed by atoms with van der Waals surface area (Å²) < 4.78 is 1.91. The second kappa shape index (κ2) is 4.68. The van der Waals surface area contributed by atoms with Crippen LogP contribution in [-0.4, -0.2) is 20.9 Å². The Bertz CT molecular complexity index is 363. The number of carboxylic acids is 1. The molecule has 1 atom stereocenters. The molecule has 90 valence electrons. The van der Waals surface area contributed by atoms with Gasteiger partial charge >= 0.3 is 5.97 Å². The zero-order chi connectivity index (χ0) is 12.3. The summed E-state index contributed by atoms with van der Waals surface area (Å²) in [6.45, 7) is 7.99. The SMILES string of the molecule is CC(CCc1cnn(C(C)(C)C)c1)C(=O)O. The maximum Gasteiger partial charge on any atom is 0.306 e. The molecule has 0 aliphatic carbocycles. The maximum absolute atomic E-state index is 10.7. The Kier molecular flexibility index (Phi) is 3.73. The quantitative estimate of drug-likeness (QED) is 0.853. The van der Waals surface area contributed by atoms with Gasteiger partial charge in [0.1, 0.15) is 0 Å². The van der Waals surface area contributed by atoms with E-state index in [1.165, 1.54) is 0 Å². The minimum atomic E-state index is -0.733. The summed E-state index contributed by atoms with van der Waals surface area (Å²) in [5, 5.41) is 13.1. The van der Waals surface area contributed by atoms with Gasteiger partial charge in [0, 0.05) is 6.20 Å². The summed E-state index contributed by atoms with van der Waals surface area (Å²) in [5.74, 6) is -1.03. The van der Waals surface area contributed by atoms with Gasteiger partial charge in [-0.25, -0.2) is 0 Å². The Morgan fingerprint density at radius 1 is 1.56 bits per heavy atom. The second-order valence-corrected chi connectivity index (χ2v) is 5.24. The fourth-order valence-corrected chi connectivity index (χ4v) is 1.36. The van der Waals surface area contributed by atoms with Crippen LogP contribution in [0, 0.1) is 5.92 Å². The molecule has 0 aromatic carbocycles. The first-order valence-corrected chi connectivity index (χ1v) is 5.57. The summed E-state index contributed by atoms with van der Waals surface area (Å²) in [6, 6.07) is 0. The van der Waals surface area contributed by atoms with E-state index < -0.39 is 5.97 Å². The lowest BCUT2D eigenvalue weighted by Crippen LogP contribution is -2.21. The van der Waals surface area contributed by atoms with Crippen molar-refractivity contribution in [2.75, 3.05) is 0 Å². The highest BCUT2D eigenvalue weighted by Gasteiger charge is 2.15. The van der Waals surface area contributed by atoms with Crippen LogP contribution in [-0.2, 0) is 16.8 Å². The average molecular weight is 224 g/mol. The third-order valence-corrected chi connectivity index (χ3v) is 2.61. The molecule has 0 saturated heterocycles. The van der Waals surface area contributed by atoms with Crippen molar-refractivity contribution in [3.8, 4) is 0 Å². The zero-order valence-corrected chi connectivity index (χ0v) is 10.4. The normalized spacial score (nSPS) is 13.8. The molecule has 1 rings (SSSR count). The highest BCUT2D eigenvalue weighted by atomic mass is 16.4. The third kappa shape index (κ3) is 3.36. The van der Waals surface area contributed by atoms with Gasteiger partial charge in [-0.1, -0.05) is 6.92 Å². The van der Waals surface area contributed by atoms with E-state index in [1.54, 1.807) is 6.92 Å². The fourth-order valence-electron chi connectivity index (χ4n) is 1.36. The highest BCUT2D eigenvalue weighted by Crippen LogP contribution is 2.15. The molecule has 1 aromatic heterocycles. The number of hydrogen-bond acceptors (Lipinski definition) is 2. The smallest absolute Gasteiger partial charge is 0.306 e. The van der Waals surface area contributed by atoms with Crippen molar-refractivity contribution >= 4 is 5.97 Å². The Morgan fingerprint density at radius 3 is 2.62 bits per heavy atom. The molecule has 0 aliphatic rings. The zero-order valence-electron chi connectivity index (χ0n) is 10.4. The molecule has 0 amide bonds. The van der Waals surface area contributed by atoms with Gasteiger partial charge in [0.25, 0.3) is 0 Å². The van der Waals surface area contributed by atoms with Crippen molar-refractivity contribution in [3.05, 3.63) is 18.0 Å². The number of aryl methyl sites for hydroxylation is 1. The predicted octanol–water partition coefficient (Wildman–Crippen LogP) is 2.29. The number of carboxylic acid groups (broad SMARTS) is 1. The van der Waals surface area contributed by atoms with Crippen molar-refractivity contribution in [2.24, 2.45) is 5.92 Å². The number of carbonyl (C=O) groups is 1. The van der Waals surface area contributed by atoms with E-state index in [1.807, 2.05) is 17.1 Å². The predicted molar refractivity (Wildman–Crippen MR) is 62.3 cm³/mol. The monoisotopic (exact) mass is 224 g/mol. The topological polar surface area (TPSA) is 55.1 Å². The van der Waals surface area contributed by atoms with Crippen LogP contribution in [0.4, 0.5) is 0 Å². The molecule has 0 saturated carbocycles. The van der Waals surface area contributed by atoms with E-state index >= 15 is 0 Å². The van der Waals surface area contributed by atoms with Gasteiger partial charge < -0.3 is 5.11 Å². The van der Waals surface area contributed by atoms with E-state index in [-0.39, 0.29) is 11.5 Å². The average Bonchev–Trinajstić information content (AvgIpc) is 2.61. The second-order valence-electron chi connectivity index (χ2n) is 5.24. The van der Waals surface area contributed by atoms with Crippen LogP contribution < -0.4 is 0 Å². The van der Waals surface area contributed by atoms with Gasteiger partial charge in [-0.2, -0.15) is 5.10 Å². The maximum atomic E-state index is 10.7. The lowest BCUT2D eigenvalue weighted by Gasteiger charge is -2.18. The van der Waals surface area contributed by atoms with Crippen molar-refractivity contribution in [1.29, 1.82) is 0 Å². The van der Waals surface area contributed by atoms with E-state index in [0.717, 1.165) is 12.0 Å². The highest BCUT2D eigenvalue weighted by molar-refractivity contribution is 5.69.